The summed E-state index contributed by atoms with van der Waals surface area (Å²) in [5.41, 5.74) is 5.52. The minimum absolute atomic E-state index is 0. The van der Waals surface area contributed by atoms with Gasteiger partial charge in [0.25, 0.3) is 0 Å². The third kappa shape index (κ3) is 4.72. The van der Waals surface area contributed by atoms with Gasteiger partial charge in [-0.15, -0.1) is 5.10 Å². The first kappa shape index (κ1) is 18.3. The van der Waals surface area contributed by atoms with Gasteiger partial charge in [0.05, 0.1) is 11.4 Å². The summed E-state index contributed by atoms with van der Waals surface area (Å²) in [6, 6.07) is 3.87. The summed E-state index contributed by atoms with van der Waals surface area (Å²) in [4.78, 5) is 2.29. The van der Waals surface area contributed by atoms with Crippen molar-refractivity contribution < 1.29 is 17.1 Å². The smallest absolute Gasteiger partial charge is 0.347 e. The van der Waals surface area contributed by atoms with E-state index in [-0.39, 0.29) is 17.1 Å². The largest absolute Gasteiger partial charge is 1.00 e. The molecule has 0 radical (unpaired) electrons. The monoisotopic (exact) mass is 380 g/mol. The number of fused-ring (bicyclic) bond motifs is 4. The molecule has 5 nitrogen and oxygen atoms in total. The zero-order valence-corrected chi connectivity index (χ0v) is 15.3. The average molecular weight is 381 g/mol. The van der Waals surface area contributed by atoms with Crippen LogP contribution < -0.4 is 5.43 Å². The maximum atomic E-state index is 5.53. The van der Waals surface area contributed by atoms with E-state index in [1.54, 1.807) is 0 Å². The van der Waals surface area contributed by atoms with Crippen molar-refractivity contribution in [3.8, 4) is 0 Å². The Labute approximate surface area is 153 Å². The Morgan fingerprint density at radius 3 is 2.30 bits per heavy atom. The number of aryl methyl sites for hydroxylation is 1. The molecule has 4 rings (SSSR count). The SMILES string of the molecule is CC(=NNC(=S)N1CC2CCC(CC2)C1)c1ccc(C)nn1.[Cu+]. The molecule has 0 aromatic carbocycles. The molecule has 3 heterocycles. The second kappa shape index (κ2) is 8.17. The van der Waals surface area contributed by atoms with Gasteiger partial charge in [-0.25, -0.2) is 0 Å². The van der Waals surface area contributed by atoms with Crippen LogP contribution in [0.3, 0.4) is 0 Å². The second-order valence-corrected chi connectivity index (χ2v) is 6.85. The maximum Gasteiger partial charge on any atom is 1.00 e. The van der Waals surface area contributed by atoms with Gasteiger partial charge in [-0.1, -0.05) is 0 Å². The Balaban J connectivity index is 0.00000192. The molecule has 1 aromatic rings. The van der Waals surface area contributed by atoms with Gasteiger partial charge in [-0.2, -0.15) is 10.2 Å². The van der Waals surface area contributed by atoms with Gasteiger partial charge >= 0.3 is 17.1 Å². The van der Waals surface area contributed by atoms with Crippen LogP contribution in [-0.2, 0) is 17.1 Å². The molecule has 0 unspecified atom stereocenters. The van der Waals surface area contributed by atoms with Crippen molar-refractivity contribution in [2.24, 2.45) is 16.9 Å². The first-order chi connectivity index (χ1) is 10.6. The first-order valence-corrected chi connectivity index (χ1v) is 8.42. The Kier molecular flexibility index (Phi) is 6.50. The van der Waals surface area contributed by atoms with Crippen LogP contribution in [0.1, 0.15) is 44.0 Å². The molecule has 1 aromatic heterocycles. The summed E-state index contributed by atoms with van der Waals surface area (Å²) in [7, 11) is 0. The summed E-state index contributed by atoms with van der Waals surface area (Å²) >= 11 is 5.53. The van der Waals surface area contributed by atoms with Crippen LogP contribution in [0.5, 0.6) is 0 Å². The van der Waals surface area contributed by atoms with Crippen molar-refractivity contribution >= 4 is 23.0 Å². The van der Waals surface area contributed by atoms with Crippen LogP contribution in [0.15, 0.2) is 17.2 Å². The molecule has 0 atom stereocenters. The zero-order valence-electron chi connectivity index (χ0n) is 13.6. The van der Waals surface area contributed by atoms with Crippen LogP contribution >= 0.6 is 12.2 Å². The molecule has 23 heavy (non-hydrogen) atoms. The van der Waals surface area contributed by atoms with Gasteiger partial charge in [-0.05, 0) is 75.7 Å². The number of nitrogens with zero attached hydrogens (tertiary/aromatic N) is 4. The molecule has 7 heteroatoms. The number of rotatable bonds is 2. The van der Waals surface area contributed by atoms with Crippen molar-refractivity contribution in [2.45, 2.75) is 39.5 Å². The molecule has 1 aliphatic carbocycles. The Bertz CT molecular complexity index is 552. The molecule has 2 aliphatic heterocycles. The van der Waals surface area contributed by atoms with Gasteiger partial charge in [-0.3, -0.25) is 5.43 Å². The summed E-state index contributed by atoms with van der Waals surface area (Å²) in [6.45, 7) is 5.98. The quantitative estimate of drug-likeness (QED) is 0.370. The molecule has 0 spiro atoms. The van der Waals surface area contributed by atoms with Crippen LogP contribution in [0.25, 0.3) is 0 Å². The molecule has 3 fully saturated rings. The molecule has 1 N–H and O–H groups in total. The fraction of sp³-hybridized carbons (Fsp3) is 0.625. The molecule has 3 aliphatic rings. The molecular weight excluding hydrogens is 358 g/mol. The predicted octanol–water partition coefficient (Wildman–Crippen LogP) is 2.50. The number of nitrogens with one attached hydrogen (secondary N) is 1. The number of hydrogen-bond donors (Lipinski definition) is 1. The van der Waals surface area contributed by atoms with E-state index < -0.39 is 0 Å². The van der Waals surface area contributed by atoms with Gasteiger partial charge in [0.1, 0.15) is 5.69 Å². The van der Waals surface area contributed by atoms with Gasteiger partial charge in [0.2, 0.25) is 0 Å². The fourth-order valence-corrected chi connectivity index (χ4v) is 3.51. The minimum atomic E-state index is 0. The van der Waals surface area contributed by atoms with Crippen molar-refractivity contribution in [3.63, 3.8) is 0 Å². The van der Waals surface area contributed by atoms with Gasteiger partial charge in [0, 0.05) is 13.1 Å². The van der Waals surface area contributed by atoms with E-state index in [1.165, 1.54) is 25.7 Å². The van der Waals surface area contributed by atoms with E-state index in [0.717, 1.165) is 47.1 Å². The number of hydrogen-bond acceptors (Lipinski definition) is 4. The van der Waals surface area contributed by atoms with E-state index in [4.69, 9.17) is 12.2 Å². The molecule has 2 saturated heterocycles. The maximum absolute atomic E-state index is 5.53. The number of aromatic nitrogens is 2. The third-order valence-electron chi connectivity index (χ3n) is 4.70. The van der Waals surface area contributed by atoms with Crippen LogP contribution in [-0.4, -0.2) is 39.0 Å². The summed E-state index contributed by atoms with van der Waals surface area (Å²) in [5, 5.41) is 13.3. The Morgan fingerprint density at radius 2 is 1.78 bits per heavy atom. The summed E-state index contributed by atoms with van der Waals surface area (Å²) in [6.07, 6.45) is 5.41. The van der Waals surface area contributed by atoms with E-state index in [9.17, 15) is 0 Å². The van der Waals surface area contributed by atoms with E-state index in [2.05, 4.69) is 25.6 Å². The van der Waals surface area contributed by atoms with Crippen LogP contribution in [0.2, 0.25) is 0 Å². The normalized spacial score (nSPS) is 23.9. The predicted molar refractivity (Wildman–Crippen MR) is 91.7 cm³/mol. The number of hydrazone groups is 1. The number of thiocarbonyl (C=S) groups is 1. The van der Waals surface area contributed by atoms with Gasteiger partial charge < -0.3 is 4.90 Å². The Hall–Kier alpha value is -1.04. The second-order valence-electron chi connectivity index (χ2n) is 6.47. The van der Waals surface area contributed by atoms with Crippen LogP contribution in [0.4, 0.5) is 0 Å². The van der Waals surface area contributed by atoms with Crippen LogP contribution in [0, 0.1) is 18.8 Å². The topological polar surface area (TPSA) is 53.4 Å². The molecule has 128 valence electrons. The van der Waals surface area contributed by atoms with E-state index >= 15 is 0 Å². The van der Waals surface area contributed by atoms with E-state index in [0.29, 0.717) is 0 Å². The Morgan fingerprint density at radius 1 is 1.17 bits per heavy atom. The molecule has 0 amide bonds. The van der Waals surface area contributed by atoms with Gasteiger partial charge in [0.15, 0.2) is 5.11 Å². The summed E-state index contributed by atoms with van der Waals surface area (Å²) < 4.78 is 0. The average Bonchev–Trinajstić information content (AvgIpc) is 2.86. The first-order valence-electron chi connectivity index (χ1n) is 8.01. The van der Waals surface area contributed by atoms with Crippen molar-refractivity contribution in [3.05, 3.63) is 23.5 Å². The fourth-order valence-electron chi connectivity index (χ4n) is 3.31. The molecule has 1 saturated carbocycles. The third-order valence-corrected chi connectivity index (χ3v) is 5.05. The van der Waals surface area contributed by atoms with Crippen molar-refractivity contribution in [1.82, 2.24) is 20.5 Å². The molecular formula is C16H23CuN5S+. The zero-order chi connectivity index (χ0) is 15.5. The minimum Gasteiger partial charge on any atom is -0.347 e. The van der Waals surface area contributed by atoms with E-state index in [1.807, 2.05) is 26.0 Å². The molecule has 2 bridgehead atoms. The summed E-state index contributed by atoms with van der Waals surface area (Å²) in [5.74, 6) is 1.60. The standard InChI is InChI=1S/C16H23N5S.Cu/c1-11-3-8-15(19-17-11)12(2)18-20-16(22)21-9-13-4-5-14(10-21)7-6-13;/h3,8,13-14H,4-7,9-10H2,1-2H3,(H,20,22);/q;+1. The van der Waals surface area contributed by atoms with Crippen molar-refractivity contribution in [2.75, 3.05) is 13.1 Å². The van der Waals surface area contributed by atoms with Crippen molar-refractivity contribution in [1.29, 1.82) is 0 Å².